The third-order valence-corrected chi connectivity index (χ3v) is 2.07. The van der Waals surface area contributed by atoms with Crippen molar-refractivity contribution in [3.05, 3.63) is 42.1 Å². The zero-order valence-corrected chi connectivity index (χ0v) is 7.77. The quantitative estimate of drug-likeness (QED) is 0.825. The molecule has 0 amide bonds. The van der Waals surface area contributed by atoms with Crippen LogP contribution in [0.4, 0.5) is 14.6 Å². The molecule has 15 heavy (non-hydrogen) atoms. The van der Waals surface area contributed by atoms with E-state index in [2.05, 4.69) is 5.10 Å². The van der Waals surface area contributed by atoms with E-state index in [1.54, 1.807) is 24.3 Å². The summed E-state index contributed by atoms with van der Waals surface area (Å²) in [4.78, 5) is 0. The van der Waals surface area contributed by atoms with Crippen LogP contribution < -0.4 is 5.73 Å². The standard InChI is InChI=1S/C10H9F2N3/c11-9(12)8-6-14-15(10(8)13)7-4-2-1-3-5-7/h1-6,9H,13H2. The Morgan fingerprint density at radius 2 is 1.87 bits per heavy atom. The average molecular weight is 209 g/mol. The van der Waals surface area contributed by atoms with E-state index in [1.165, 1.54) is 4.68 Å². The third kappa shape index (κ3) is 1.68. The van der Waals surface area contributed by atoms with Crippen LogP contribution in [0.3, 0.4) is 0 Å². The minimum Gasteiger partial charge on any atom is -0.383 e. The third-order valence-electron chi connectivity index (χ3n) is 2.07. The molecule has 0 spiro atoms. The Morgan fingerprint density at radius 1 is 1.20 bits per heavy atom. The summed E-state index contributed by atoms with van der Waals surface area (Å²) in [6.07, 6.45) is -1.50. The van der Waals surface area contributed by atoms with E-state index in [1.807, 2.05) is 6.07 Å². The molecule has 2 N–H and O–H groups in total. The normalized spacial score (nSPS) is 10.9. The molecule has 5 heteroatoms. The number of hydrogen-bond donors (Lipinski definition) is 1. The topological polar surface area (TPSA) is 43.8 Å². The minimum atomic E-state index is -2.59. The van der Waals surface area contributed by atoms with Crippen LogP contribution in [-0.2, 0) is 0 Å². The van der Waals surface area contributed by atoms with E-state index in [-0.39, 0.29) is 11.4 Å². The molecule has 2 rings (SSSR count). The van der Waals surface area contributed by atoms with Gasteiger partial charge in [0.25, 0.3) is 6.43 Å². The number of nitrogens with zero attached hydrogens (tertiary/aromatic N) is 2. The summed E-state index contributed by atoms with van der Waals surface area (Å²) in [6, 6.07) is 8.91. The lowest BCUT2D eigenvalue weighted by Gasteiger charge is -2.04. The zero-order valence-electron chi connectivity index (χ0n) is 7.77. The molecule has 0 atom stereocenters. The summed E-state index contributed by atoms with van der Waals surface area (Å²) in [5, 5.41) is 3.82. The monoisotopic (exact) mass is 209 g/mol. The van der Waals surface area contributed by atoms with Crippen LogP contribution in [0.2, 0.25) is 0 Å². The van der Waals surface area contributed by atoms with Crippen LogP contribution in [0, 0.1) is 0 Å². The van der Waals surface area contributed by atoms with Gasteiger partial charge in [-0.2, -0.15) is 5.10 Å². The second-order valence-corrected chi connectivity index (χ2v) is 3.03. The average Bonchev–Trinajstić information content (AvgIpc) is 2.61. The lowest BCUT2D eigenvalue weighted by atomic mass is 10.3. The van der Waals surface area contributed by atoms with Gasteiger partial charge in [0.15, 0.2) is 0 Å². The predicted octanol–water partition coefficient (Wildman–Crippen LogP) is 2.39. The Balaban J connectivity index is 2.47. The fourth-order valence-electron chi connectivity index (χ4n) is 1.31. The van der Waals surface area contributed by atoms with Crippen LogP contribution in [0.25, 0.3) is 5.69 Å². The molecule has 0 fully saturated rings. The number of aromatic nitrogens is 2. The number of para-hydroxylation sites is 1. The maximum Gasteiger partial charge on any atom is 0.268 e. The van der Waals surface area contributed by atoms with Crippen molar-refractivity contribution in [1.29, 1.82) is 0 Å². The van der Waals surface area contributed by atoms with Crippen molar-refractivity contribution in [3.8, 4) is 5.69 Å². The van der Waals surface area contributed by atoms with Gasteiger partial charge in [0.2, 0.25) is 0 Å². The van der Waals surface area contributed by atoms with Crippen molar-refractivity contribution in [2.75, 3.05) is 5.73 Å². The molecule has 0 bridgehead atoms. The largest absolute Gasteiger partial charge is 0.383 e. The number of anilines is 1. The van der Waals surface area contributed by atoms with Crippen molar-refractivity contribution >= 4 is 5.82 Å². The fraction of sp³-hybridized carbons (Fsp3) is 0.100. The van der Waals surface area contributed by atoms with Gasteiger partial charge in [-0.1, -0.05) is 18.2 Å². The Hall–Kier alpha value is -1.91. The smallest absolute Gasteiger partial charge is 0.268 e. The summed E-state index contributed by atoms with van der Waals surface area (Å²) in [6.45, 7) is 0. The SMILES string of the molecule is Nc1c(C(F)F)cnn1-c1ccccc1. The number of nitrogen functional groups attached to an aromatic ring is 1. The highest BCUT2D eigenvalue weighted by atomic mass is 19.3. The van der Waals surface area contributed by atoms with E-state index in [0.29, 0.717) is 5.69 Å². The van der Waals surface area contributed by atoms with Crippen LogP contribution >= 0.6 is 0 Å². The van der Waals surface area contributed by atoms with E-state index in [9.17, 15) is 8.78 Å². The van der Waals surface area contributed by atoms with Gasteiger partial charge in [-0.15, -0.1) is 0 Å². The molecule has 0 aliphatic carbocycles. The molecule has 2 aromatic rings. The van der Waals surface area contributed by atoms with Gasteiger partial charge in [0.05, 0.1) is 17.4 Å². The first-order valence-corrected chi connectivity index (χ1v) is 4.37. The molecule has 0 aliphatic rings. The maximum absolute atomic E-state index is 12.4. The van der Waals surface area contributed by atoms with Gasteiger partial charge < -0.3 is 5.73 Å². The number of alkyl halides is 2. The molecule has 1 aromatic heterocycles. The van der Waals surface area contributed by atoms with E-state index < -0.39 is 6.43 Å². The lowest BCUT2D eigenvalue weighted by Crippen LogP contribution is -2.02. The Bertz CT molecular complexity index is 451. The first kappa shape index (κ1) is 9.64. The number of halogens is 2. The highest BCUT2D eigenvalue weighted by Crippen LogP contribution is 2.26. The van der Waals surface area contributed by atoms with Crippen molar-refractivity contribution in [2.24, 2.45) is 0 Å². The van der Waals surface area contributed by atoms with Gasteiger partial charge in [0.1, 0.15) is 5.82 Å². The van der Waals surface area contributed by atoms with Gasteiger partial charge in [-0.05, 0) is 12.1 Å². The van der Waals surface area contributed by atoms with Crippen molar-refractivity contribution in [2.45, 2.75) is 6.43 Å². The summed E-state index contributed by atoms with van der Waals surface area (Å²) in [7, 11) is 0. The molecular formula is C10H9F2N3. The molecule has 78 valence electrons. The Morgan fingerprint density at radius 3 is 2.40 bits per heavy atom. The van der Waals surface area contributed by atoms with Crippen molar-refractivity contribution in [3.63, 3.8) is 0 Å². The molecule has 1 aromatic carbocycles. The first-order valence-electron chi connectivity index (χ1n) is 4.37. The number of benzene rings is 1. The molecule has 0 saturated heterocycles. The number of hydrogen-bond acceptors (Lipinski definition) is 2. The molecule has 0 saturated carbocycles. The molecule has 0 radical (unpaired) electrons. The number of nitrogens with two attached hydrogens (primary N) is 1. The molecular weight excluding hydrogens is 200 g/mol. The van der Waals surface area contributed by atoms with Crippen LogP contribution in [-0.4, -0.2) is 9.78 Å². The van der Waals surface area contributed by atoms with Gasteiger partial charge in [-0.3, -0.25) is 0 Å². The van der Waals surface area contributed by atoms with Gasteiger partial charge in [0, 0.05) is 0 Å². The predicted molar refractivity (Wildman–Crippen MR) is 52.9 cm³/mol. The number of rotatable bonds is 2. The van der Waals surface area contributed by atoms with Crippen LogP contribution in [0.1, 0.15) is 12.0 Å². The highest BCUT2D eigenvalue weighted by Gasteiger charge is 2.16. The molecule has 0 unspecified atom stereocenters. The van der Waals surface area contributed by atoms with E-state index in [4.69, 9.17) is 5.73 Å². The molecule has 0 aliphatic heterocycles. The summed E-state index contributed by atoms with van der Waals surface area (Å²) in [5.74, 6) is -0.0174. The van der Waals surface area contributed by atoms with E-state index >= 15 is 0 Å². The first-order chi connectivity index (χ1) is 7.20. The van der Waals surface area contributed by atoms with E-state index in [0.717, 1.165) is 6.20 Å². The van der Waals surface area contributed by atoms with Crippen LogP contribution in [0.5, 0.6) is 0 Å². The zero-order chi connectivity index (χ0) is 10.8. The summed E-state index contributed by atoms with van der Waals surface area (Å²) < 4.78 is 26.1. The highest BCUT2D eigenvalue weighted by molar-refractivity contribution is 5.47. The Kier molecular flexibility index (Phi) is 2.37. The second kappa shape index (κ2) is 3.68. The van der Waals surface area contributed by atoms with Crippen molar-refractivity contribution in [1.82, 2.24) is 9.78 Å². The maximum atomic E-state index is 12.4. The second-order valence-electron chi connectivity index (χ2n) is 3.03. The minimum absolute atomic E-state index is 0.0174. The van der Waals surface area contributed by atoms with Gasteiger partial charge >= 0.3 is 0 Å². The summed E-state index contributed by atoms with van der Waals surface area (Å²) in [5.41, 5.74) is 5.99. The molecule has 1 heterocycles. The fourth-order valence-corrected chi connectivity index (χ4v) is 1.31. The van der Waals surface area contributed by atoms with Crippen molar-refractivity contribution < 1.29 is 8.78 Å². The van der Waals surface area contributed by atoms with Gasteiger partial charge in [-0.25, -0.2) is 13.5 Å². The Labute approximate surface area is 85.1 Å². The lowest BCUT2D eigenvalue weighted by molar-refractivity contribution is 0.152. The summed E-state index contributed by atoms with van der Waals surface area (Å²) >= 11 is 0. The van der Waals surface area contributed by atoms with Crippen LogP contribution in [0.15, 0.2) is 36.5 Å². The molecule has 3 nitrogen and oxygen atoms in total.